The standard InChI is InChI=1S/C27H41F2NO4/c1-21(12-6-4-7-13-22-14-8-5-9-15-22)24(31)18-17-23-20-27(28,29)26(34)30(23)19-11-3-2-10-16-25(32)33/h5,8-9,14-15,21,23-24,31H,2-4,6-7,10-13,16-20H2,1H3,(H,32,33)/t21-,23+,24-/m1/s1. The molecule has 1 aliphatic heterocycles. The third-order valence-electron chi connectivity index (χ3n) is 6.97. The first-order valence-corrected chi connectivity index (χ1v) is 12.8. The normalized spacial score (nSPS) is 19.4. The monoisotopic (exact) mass is 481 g/mol. The second kappa shape index (κ2) is 14.4. The summed E-state index contributed by atoms with van der Waals surface area (Å²) in [6.45, 7) is 2.27. The molecule has 1 amide bonds. The Morgan fingerprint density at radius 2 is 1.74 bits per heavy atom. The number of carbonyl (C=O) groups is 2. The van der Waals surface area contributed by atoms with Crippen LogP contribution >= 0.6 is 0 Å². The summed E-state index contributed by atoms with van der Waals surface area (Å²) in [5, 5.41) is 19.2. The Bertz CT molecular complexity index is 743. The first kappa shape index (κ1) is 28.2. The van der Waals surface area contributed by atoms with Gasteiger partial charge in [-0.05, 0) is 56.4 Å². The van der Waals surface area contributed by atoms with Gasteiger partial charge in [0.25, 0.3) is 5.91 Å². The SMILES string of the molecule is C[C@H](CCCCCc1ccccc1)[C@H](O)CC[C@H]1CC(F)(F)C(=O)N1CCCCCCC(=O)O. The molecule has 0 aliphatic carbocycles. The number of likely N-dealkylation sites (tertiary alicyclic amines) is 1. The van der Waals surface area contributed by atoms with Crippen LogP contribution in [0, 0.1) is 5.92 Å². The fourth-order valence-electron chi connectivity index (χ4n) is 4.78. The number of aliphatic hydroxyl groups excluding tert-OH is 1. The van der Waals surface area contributed by atoms with Gasteiger partial charge in [0.1, 0.15) is 0 Å². The molecule has 7 heteroatoms. The molecule has 1 aromatic rings. The van der Waals surface area contributed by atoms with Crippen molar-refractivity contribution in [1.29, 1.82) is 0 Å². The van der Waals surface area contributed by atoms with E-state index >= 15 is 0 Å². The number of amides is 1. The quantitative estimate of drug-likeness (QED) is 0.274. The zero-order chi connectivity index (χ0) is 25.0. The minimum Gasteiger partial charge on any atom is -0.481 e. The molecule has 0 aromatic heterocycles. The number of alkyl halides is 2. The maximum Gasteiger partial charge on any atom is 0.326 e. The lowest BCUT2D eigenvalue weighted by molar-refractivity contribution is -0.148. The van der Waals surface area contributed by atoms with Crippen LogP contribution in [0.3, 0.4) is 0 Å². The highest BCUT2D eigenvalue weighted by molar-refractivity contribution is 5.86. The zero-order valence-corrected chi connectivity index (χ0v) is 20.4. The van der Waals surface area contributed by atoms with E-state index in [-0.39, 0.29) is 18.9 Å². The Hall–Kier alpha value is -2.02. The number of carbonyl (C=O) groups excluding carboxylic acids is 1. The largest absolute Gasteiger partial charge is 0.481 e. The summed E-state index contributed by atoms with van der Waals surface area (Å²) in [4.78, 5) is 24.0. The number of aryl methyl sites for hydroxylation is 1. The van der Waals surface area contributed by atoms with Gasteiger partial charge in [-0.3, -0.25) is 9.59 Å². The van der Waals surface area contributed by atoms with E-state index in [4.69, 9.17) is 5.11 Å². The molecule has 0 radical (unpaired) electrons. The van der Waals surface area contributed by atoms with Gasteiger partial charge < -0.3 is 15.1 Å². The van der Waals surface area contributed by atoms with Gasteiger partial charge in [0.15, 0.2) is 0 Å². The highest BCUT2D eigenvalue weighted by Crippen LogP contribution is 2.36. The maximum absolute atomic E-state index is 14.1. The number of halogens is 2. The van der Waals surface area contributed by atoms with Crippen LogP contribution in [-0.2, 0) is 16.0 Å². The summed E-state index contributed by atoms with van der Waals surface area (Å²) in [5.41, 5.74) is 1.34. The molecule has 1 fully saturated rings. The molecule has 1 aliphatic rings. The van der Waals surface area contributed by atoms with E-state index in [1.807, 2.05) is 25.1 Å². The van der Waals surface area contributed by atoms with Gasteiger partial charge in [-0.2, -0.15) is 8.78 Å². The third-order valence-corrected chi connectivity index (χ3v) is 6.97. The van der Waals surface area contributed by atoms with Gasteiger partial charge in [-0.25, -0.2) is 0 Å². The van der Waals surface area contributed by atoms with Gasteiger partial charge in [-0.15, -0.1) is 0 Å². The number of aliphatic hydroxyl groups is 1. The third kappa shape index (κ3) is 9.69. The van der Waals surface area contributed by atoms with Crippen molar-refractivity contribution in [2.24, 2.45) is 5.92 Å². The molecular weight excluding hydrogens is 440 g/mol. The van der Waals surface area contributed by atoms with Gasteiger partial charge >= 0.3 is 11.9 Å². The Morgan fingerprint density at radius 3 is 2.44 bits per heavy atom. The smallest absolute Gasteiger partial charge is 0.326 e. The number of aliphatic carboxylic acids is 1. The van der Waals surface area contributed by atoms with Crippen LogP contribution < -0.4 is 0 Å². The summed E-state index contributed by atoms with van der Waals surface area (Å²) < 4.78 is 28.2. The molecule has 192 valence electrons. The highest BCUT2D eigenvalue weighted by atomic mass is 19.3. The molecule has 2 rings (SSSR count). The lowest BCUT2D eigenvalue weighted by Gasteiger charge is -2.26. The average molecular weight is 482 g/mol. The molecule has 0 saturated carbocycles. The van der Waals surface area contributed by atoms with Crippen LogP contribution in [0.1, 0.15) is 89.5 Å². The van der Waals surface area contributed by atoms with Gasteiger partial charge in [-0.1, -0.05) is 62.9 Å². The number of nitrogens with zero attached hydrogens (tertiary/aromatic N) is 1. The van der Waals surface area contributed by atoms with Crippen molar-refractivity contribution >= 4 is 11.9 Å². The van der Waals surface area contributed by atoms with Gasteiger partial charge in [0.05, 0.1) is 6.10 Å². The second-order valence-electron chi connectivity index (χ2n) is 9.83. The number of rotatable bonds is 17. The molecule has 0 bridgehead atoms. The topological polar surface area (TPSA) is 77.8 Å². The summed E-state index contributed by atoms with van der Waals surface area (Å²) >= 11 is 0. The fourth-order valence-corrected chi connectivity index (χ4v) is 4.78. The number of unbranched alkanes of at least 4 members (excludes halogenated alkanes) is 5. The molecule has 1 aromatic carbocycles. The van der Waals surface area contributed by atoms with Crippen molar-refractivity contribution in [3.8, 4) is 0 Å². The van der Waals surface area contributed by atoms with E-state index in [0.717, 1.165) is 32.1 Å². The molecular formula is C27H41F2NO4. The summed E-state index contributed by atoms with van der Waals surface area (Å²) in [6, 6.07) is 9.82. The van der Waals surface area contributed by atoms with E-state index in [1.54, 1.807) is 0 Å². The molecule has 0 unspecified atom stereocenters. The van der Waals surface area contributed by atoms with Crippen molar-refractivity contribution < 1.29 is 28.6 Å². The molecule has 1 heterocycles. The number of hydrogen-bond donors (Lipinski definition) is 2. The van der Waals surface area contributed by atoms with E-state index in [2.05, 4.69) is 12.1 Å². The maximum atomic E-state index is 14.1. The average Bonchev–Trinajstić information content (AvgIpc) is 3.02. The van der Waals surface area contributed by atoms with Crippen LogP contribution in [0.5, 0.6) is 0 Å². The number of carboxylic acid groups (broad SMARTS) is 1. The van der Waals surface area contributed by atoms with Crippen LogP contribution in [-0.4, -0.2) is 51.6 Å². The van der Waals surface area contributed by atoms with E-state index < -0.39 is 36.4 Å². The van der Waals surface area contributed by atoms with Crippen LogP contribution in [0.2, 0.25) is 0 Å². The Kier molecular flexibility index (Phi) is 11.9. The summed E-state index contributed by atoms with van der Waals surface area (Å²) in [7, 11) is 0. The van der Waals surface area contributed by atoms with Crippen molar-refractivity contribution in [2.45, 2.75) is 108 Å². The Balaban J connectivity index is 1.67. The molecule has 5 nitrogen and oxygen atoms in total. The van der Waals surface area contributed by atoms with Gasteiger partial charge in [0, 0.05) is 25.4 Å². The fraction of sp³-hybridized carbons (Fsp3) is 0.704. The lowest BCUT2D eigenvalue weighted by Crippen LogP contribution is -2.37. The second-order valence-corrected chi connectivity index (χ2v) is 9.83. The van der Waals surface area contributed by atoms with E-state index in [0.29, 0.717) is 38.5 Å². The Labute approximate surface area is 202 Å². The van der Waals surface area contributed by atoms with Crippen molar-refractivity contribution in [1.82, 2.24) is 4.90 Å². The minimum absolute atomic E-state index is 0.0945. The molecule has 0 spiro atoms. The number of benzene rings is 1. The van der Waals surface area contributed by atoms with E-state index in [1.165, 1.54) is 10.5 Å². The molecule has 3 atom stereocenters. The first-order chi connectivity index (χ1) is 16.2. The predicted octanol–water partition coefficient (Wildman–Crippen LogP) is 5.84. The number of hydrogen-bond acceptors (Lipinski definition) is 3. The van der Waals surface area contributed by atoms with Crippen molar-refractivity contribution in [2.75, 3.05) is 6.54 Å². The molecule has 1 saturated heterocycles. The highest BCUT2D eigenvalue weighted by Gasteiger charge is 2.52. The van der Waals surface area contributed by atoms with Crippen LogP contribution in [0.15, 0.2) is 30.3 Å². The van der Waals surface area contributed by atoms with Gasteiger partial charge in [0.2, 0.25) is 0 Å². The zero-order valence-electron chi connectivity index (χ0n) is 20.4. The number of carboxylic acids is 1. The lowest BCUT2D eigenvalue weighted by atomic mass is 9.92. The summed E-state index contributed by atoms with van der Waals surface area (Å²) in [5.74, 6) is -5.18. The van der Waals surface area contributed by atoms with E-state index in [9.17, 15) is 23.5 Å². The van der Waals surface area contributed by atoms with Crippen molar-refractivity contribution in [3.05, 3.63) is 35.9 Å². The predicted molar refractivity (Wildman–Crippen MR) is 129 cm³/mol. The molecule has 2 N–H and O–H groups in total. The van der Waals surface area contributed by atoms with Crippen LogP contribution in [0.25, 0.3) is 0 Å². The summed E-state index contributed by atoms with van der Waals surface area (Å²) in [6.07, 6.45) is 7.58. The first-order valence-electron chi connectivity index (χ1n) is 12.8. The molecule has 34 heavy (non-hydrogen) atoms. The van der Waals surface area contributed by atoms with Crippen molar-refractivity contribution in [3.63, 3.8) is 0 Å². The van der Waals surface area contributed by atoms with Crippen LogP contribution in [0.4, 0.5) is 8.78 Å². The minimum atomic E-state index is -3.33. The Morgan fingerprint density at radius 1 is 1.06 bits per heavy atom.